The Morgan fingerprint density at radius 2 is 2.06 bits per heavy atom. The van der Waals surface area contributed by atoms with Crippen molar-refractivity contribution in [1.29, 1.82) is 0 Å². The lowest BCUT2D eigenvalue weighted by atomic mass is 10.1. The number of nitrogens with two attached hydrogens (primary N) is 1. The Balaban J connectivity index is 1.57. The van der Waals surface area contributed by atoms with Crippen molar-refractivity contribution in [2.75, 3.05) is 12.3 Å². The molecule has 31 heavy (non-hydrogen) atoms. The first-order valence-electron chi connectivity index (χ1n) is 10.4. The van der Waals surface area contributed by atoms with Crippen molar-refractivity contribution in [3.8, 4) is 17.0 Å². The highest BCUT2D eigenvalue weighted by Gasteiger charge is 2.52. The molecule has 0 saturated heterocycles. The zero-order chi connectivity index (χ0) is 22.5. The van der Waals surface area contributed by atoms with E-state index in [9.17, 15) is 13.9 Å². The fourth-order valence-electron chi connectivity index (χ4n) is 4.16. The third-order valence-electron chi connectivity index (χ3n) is 5.56. The summed E-state index contributed by atoms with van der Waals surface area (Å²) < 4.78 is 37.6. The number of aromatic nitrogens is 3. The number of aliphatic hydroxyl groups is 1. The number of allylic oxidation sites excluding steroid dienone is 1. The second-order valence-electron chi connectivity index (χ2n) is 9.13. The fourth-order valence-corrected chi connectivity index (χ4v) is 4.16. The molecule has 9 heteroatoms. The number of alkyl halides is 2. The smallest absolute Gasteiger partial charge is 0.387 e. The van der Waals surface area contributed by atoms with Crippen LogP contribution in [0, 0.1) is 5.92 Å². The minimum absolute atomic E-state index is 0.0212. The molecule has 1 saturated carbocycles. The summed E-state index contributed by atoms with van der Waals surface area (Å²) in [5.74, 6) is 0.415. The average molecular weight is 434 g/mol. The van der Waals surface area contributed by atoms with Gasteiger partial charge in [-0.2, -0.15) is 13.9 Å². The van der Waals surface area contributed by atoms with Gasteiger partial charge in [-0.25, -0.2) is 4.98 Å². The number of hydrogen-bond donors (Lipinski definition) is 2. The molecule has 2 aliphatic carbocycles. The second-order valence-corrected chi connectivity index (χ2v) is 9.13. The predicted octanol–water partition coefficient (Wildman–Crippen LogP) is 3.91. The Morgan fingerprint density at radius 3 is 2.65 bits per heavy atom. The van der Waals surface area contributed by atoms with Gasteiger partial charge in [-0.05, 0) is 52.2 Å². The van der Waals surface area contributed by atoms with E-state index in [1.807, 2.05) is 10.7 Å². The van der Waals surface area contributed by atoms with Gasteiger partial charge in [0.15, 0.2) is 11.6 Å². The summed E-state index contributed by atoms with van der Waals surface area (Å²) in [5, 5.41) is 14.6. The van der Waals surface area contributed by atoms with Crippen LogP contribution in [-0.2, 0) is 4.74 Å². The highest BCUT2D eigenvalue weighted by atomic mass is 19.3. The van der Waals surface area contributed by atoms with E-state index in [4.69, 9.17) is 15.6 Å². The van der Waals surface area contributed by atoms with Gasteiger partial charge in [0.1, 0.15) is 0 Å². The van der Waals surface area contributed by atoms with Crippen LogP contribution in [0.2, 0.25) is 0 Å². The summed E-state index contributed by atoms with van der Waals surface area (Å²) in [7, 11) is 0. The van der Waals surface area contributed by atoms with Gasteiger partial charge in [0, 0.05) is 29.4 Å². The molecular weight excluding hydrogens is 406 g/mol. The van der Waals surface area contributed by atoms with Crippen LogP contribution in [0.1, 0.15) is 51.8 Å². The Bertz CT molecular complexity index is 997. The predicted molar refractivity (Wildman–Crippen MR) is 112 cm³/mol. The number of halogens is 2. The maximum Gasteiger partial charge on any atom is 0.387 e. The number of ether oxygens (including phenoxy) is 2. The van der Waals surface area contributed by atoms with Crippen molar-refractivity contribution in [2.45, 2.75) is 64.4 Å². The largest absolute Gasteiger partial charge is 0.431 e. The third-order valence-corrected chi connectivity index (χ3v) is 5.56. The van der Waals surface area contributed by atoms with Crippen LogP contribution in [0.4, 0.5) is 14.6 Å². The van der Waals surface area contributed by atoms with E-state index < -0.39 is 12.2 Å². The summed E-state index contributed by atoms with van der Waals surface area (Å²) in [6.45, 7) is 4.87. The highest BCUT2D eigenvalue weighted by Crippen LogP contribution is 2.60. The molecule has 2 aliphatic rings. The molecule has 0 bridgehead atoms. The first kappa shape index (κ1) is 21.7. The van der Waals surface area contributed by atoms with Crippen LogP contribution in [0.15, 0.2) is 30.0 Å². The van der Waals surface area contributed by atoms with Gasteiger partial charge in [0.05, 0.1) is 24.0 Å². The maximum absolute atomic E-state index is 12.7. The number of nitrogens with zero attached hydrogens (tertiary/aromatic N) is 3. The number of nitrogen functional groups attached to an aromatic ring is 1. The number of anilines is 1. The van der Waals surface area contributed by atoms with Crippen molar-refractivity contribution >= 4 is 5.82 Å². The monoisotopic (exact) mass is 434 g/mol. The quantitative estimate of drug-likeness (QED) is 0.612. The number of hydrogen-bond acceptors (Lipinski definition) is 6. The Kier molecular flexibility index (Phi) is 5.51. The van der Waals surface area contributed by atoms with Crippen molar-refractivity contribution < 1.29 is 23.4 Å². The van der Waals surface area contributed by atoms with E-state index in [2.05, 4.69) is 29.6 Å². The standard InChI is InChI=1S/C22H28F2N4O3/c1-11(2)28-17(19-14-6-13(7-15(14)19)30-10-22(3,4)29)8-16(27-28)12-5-18(31-21(23)24)20(25)26-9-12/h5-6,8-9,11,13,15,19,21,29H,7,10H2,1-4H3,(H2,25,26)/t13-,15-,19-/m1/s1. The topological polar surface area (TPSA) is 95.4 Å². The lowest BCUT2D eigenvalue weighted by molar-refractivity contribution is -0.0494. The molecule has 0 spiro atoms. The molecule has 2 aromatic rings. The van der Waals surface area contributed by atoms with Gasteiger partial charge >= 0.3 is 6.61 Å². The number of pyridine rings is 1. The summed E-state index contributed by atoms with van der Waals surface area (Å²) in [5.41, 5.74) is 8.41. The summed E-state index contributed by atoms with van der Waals surface area (Å²) in [4.78, 5) is 3.98. The van der Waals surface area contributed by atoms with Crippen LogP contribution in [0.5, 0.6) is 5.75 Å². The number of fused-ring (bicyclic) bond motifs is 1. The molecule has 7 nitrogen and oxygen atoms in total. The van der Waals surface area contributed by atoms with Gasteiger partial charge in [0.25, 0.3) is 0 Å². The van der Waals surface area contributed by atoms with Crippen LogP contribution in [0.3, 0.4) is 0 Å². The maximum atomic E-state index is 12.7. The molecule has 3 atom stereocenters. The second kappa shape index (κ2) is 7.87. The minimum atomic E-state index is -2.98. The summed E-state index contributed by atoms with van der Waals surface area (Å²) in [6.07, 6.45) is 4.56. The molecule has 3 N–H and O–H groups in total. The van der Waals surface area contributed by atoms with E-state index in [0.717, 1.165) is 12.1 Å². The minimum Gasteiger partial charge on any atom is -0.431 e. The Hall–Kier alpha value is -2.52. The van der Waals surface area contributed by atoms with Crippen molar-refractivity contribution in [2.24, 2.45) is 5.92 Å². The zero-order valence-electron chi connectivity index (χ0n) is 18.0. The van der Waals surface area contributed by atoms with Crippen LogP contribution >= 0.6 is 0 Å². The molecule has 0 aliphatic heterocycles. The summed E-state index contributed by atoms with van der Waals surface area (Å²) in [6, 6.07) is 3.56. The first-order valence-corrected chi connectivity index (χ1v) is 10.4. The SMILES string of the molecule is CC(C)n1nc(-c2cnc(N)c(OC(F)F)c2)cc1[C@@H]1C2=C[C@@H](OCC(C)(C)O)C[C@H]21. The average Bonchev–Trinajstić information content (AvgIpc) is 3.04. The van der Waals surface area contributed by atoms with Crippen molar-refractivity contribution in [1.82, 2.24) is 14.8 Å². The first-order chi connectivity index (χ1) is 14.5. The van der Waals surface area contributed by atoms with E-state index in [0.29, 0.717) is 23.8 Å². The molecule has 2 heterocycles. The molecule has 2 aromatic heterocycles. The zero-order valence-corrected chi connectivity index (χ0v) is 18.0. The molecule has 0 aromatic carbocycles. The van der Waals surface area contributed by atoms with Crippen LogP contribution in [0.25, 0.3) is 11.3 Å². The molecule has 4 rings (SSSR count). The fraction of sp³-hybridized carbons (Fsp3) is 0.545. The van der Waals surface area contributed by atoms with Crippen LogP contribution in [-0.4, -0.2) is 44.8 Å². The van der Waals surface area contributed by atoms with E-state index in [1.54, 1.807) is 13.8 Å². The third kappa shape index (κ3) is 4.57. The Labute approximate surface area is 179 Å². The Morgan fingerprint density at radius 1 is 1.32 bits per heavy atom. The van der Waals surface area contributed by atoms with E-state index >= 15 is 0 Å². The highest BCUT2D eigenvalue weighted by molar-refractivity contribution is 5.65. The van der Waals surface area contributed by atoms with Gasteiger partial charge in [-0.3, -0.25) is 4.68 Å². The van der Waals surface area contributed by atoms with Crippen molar-refractivity contribution in [3.63, 3.8) is 0 Å². The van der Waals surface area contributed by atoms with Gasteiger partial charge in [-0.1, -0.05) is 11.6 Å². The lowest BCUT2D eigenvalue weighted by Crippen LogP contribution is -2.28. The van der Waals surface area contributed by atoms with Gasteiger partial charge in [-0.15, -0.1) is 0 Å². The molecule has 0 unspecified atom stereocenters. The van der Waals surface area contributed by atoms with Crippen molar-refractivity contribution in [3.05, 3.63) is 35.7 Å². The number of rotatable bonds is 8. The molecular formula is C22H28F2N4O3. The van der Waals surface area contributed by atoms with E-state index in [-0.39, 0.29) is 29.6 Å². The van der Waals surface area contributed by atoms with Gasteiger partial charge in [0.2, 0.25) is 0 Å². The molecule has 1 fully saturated rings. The normalized spacial score (nSPS) is 22.7. The van der Waals surface area contributed by atoms with Crippen LogP contribution < -0.4 is 10.5 Å². The summed E-state index contributed by atoms with van der Waals surface area (Å²) >= 11 is 0. The molecule has 0 amide bonds. The lowest BCUT2D eigenvalue weighted by Gasteiger charge is -2.21. The van der Waals surface area contributed by atoms with Gasteiger partial charge < -0.3 is 20.3 Å². The van der Waals surface area contributed by atoms with E-state index in [1.165, 1.54) is 17.8 Å². The molecule has 168 valence electrons. The molecule has 0 radical (unpaired) electrons.